The van der Waals surface area contributed by atoms with Gasteiger partial charge in [0.15, 0.2) is 6.10 Å². The van der Waals surface area contributed by atoms with Gasteiger partial charge in [0.05, 0.1) is 40.4 Å². The molecule has 0 heterocycles. The van der Waals surface area contributed by atoms with E-state index in [2.05, 4.69) is 11.9 Å². The second kappa shape index (κ2) is 9.19. The Labute approximate surface area is 131 Å². The summed E-state index contributed by atoms with van der Waals surface area (Å²) in [6.45, 7) is 5.93. The van der Waals surface area contributed by atoms with E-state index in [1.807, 2.05) is 21.1 Å². The lowest BCUT2D eigenvalue weighted by molar-refractivity contribution is -0.873. The minimum absolute atomic E-state index is 0.0110. The zero-order valence-electron chi connectivity index (χ0n) is 13.8. The smallest absolute Gasteiger partial charge is 0.310 e. The fraction of sp³-hybridized carbons (Fsp3) is 0.667. The van der Waals surface area contributed by atoms with E-state index < -0.39 is 18.0 Å². The first kappa shape index (κ1) is 20.1. The van der Waals surface area contributed by atoms with Gasteiger partial charge < -0.3 is 19.6 Å². The van der Waals surface area contributed by atoms with Gasteiger partial charge in [0.25, 0.3) is 0 Å². The number of carbonyl (C=O) groups is 3. The summed E-state index contributed by atoms with van der Waals surface area (Å²) in [6, 6.07) is 0. The molecule has 0 aliphatic rings. The monoisotopic (exact) mass is 315 g/mol. The van der Waals surface area contributed by atoms with E-state index >= 15 is 0 Å². The summed E-state index contributed by atoms with van der Waals surface area (Å²) >= 11 is 0. The highest BCUT2D eigenvalue weighted by Gasteiger charge is 2.24. The minimum atomic E-state index is -0.976. The minimum Gasteiger partial charge on any atom is -0.481 e. The van der Waals surface area contributed by atoms with Crippen LogP contribution in [0.2, 0.25) is 0 Å². The van der Waals surface area contributed by atoms with Gasteiger partial charge in [-0.3, -0.25) is 14.4 Å². The van der Waals surface area contributed by atoms with Crippen LogP contribution < -0.4 is 5.32 Å². The van der Waals surface area contributed by atoms with E-state index in [9.17, 15) is 14.4 Å². The number of quaternary nitrogens is 1. The number of nitrogens with zero attached hydrogens (tertiary/aromatic N) is 1. The van der Waals surface area contributed by atoms with E-state index in [1.54, 1.807) is 6.92 Å². The average Bonchev–Trinajstić information content (AvgIpc) is 2.23. The molecular formula is C15H27N2O5+. The molecule has 0 aliphatic heterocycles. The fourth-order valence-corrected chi connectivity index (χ4v) is 1.82. The van der Waals surface area contributed by atoms with Crippen molar-refractivity contribution in [2.45, 2.75) is 32.3 Å². The highest BCUT2D eigenvalue weighted by atomic mass is 16.5. The van der Waals surface area contributed by atoms with Crippen molar-refractivity contribution in [1.82, 2.24) is 5.32 Å². The SMILES string of the molecule is C=C(C)CC(=O)OC(CC(=O)NCCC(=O)O)C[N+](C)(C)C. The third-order valence-corrected chi connectivity index (χ3v) is 2.57. The maximum Gasteiger partial charge on any atom is 0.310 e. The highest BCUT2D eigenvalue weighted by molar-refractivity contribution is 5.78. The molecule has 0 aromatic carbocycles. The number of esters is 1. The molecule has 1 amide bonds. The number of aliphatic carboxylic acids is 1. The maximum absolute atomic E-state index is 11.8. The standard InChI is InChI=1S/C15H26N2O5/c1-11(2)8-15(21)22-12(10-17(3,4)5)9-13(18)16-7-6-14(19)20/h12H,1,6-10H2,2-5H3,(H-,16,18,19,20)/p+1. The van der Waals surface area contributed by atoms with Crippen LogP contribution in [0.1, 0.15) is 26.2 Å². The molecule has 0 saturated carbocycles. The van der Waals surface area contributed by atoms with Crippen molar-refractivity contribution in [3.63, 3.8) is 0 Å². The van der Waals surface area contributed by atoms with Crippen molar-refractivity contribution in [2.24, 2.45) is 0 Å². The van der Waals surface area contributed by atoms with Crippen LogP contribution in [0, 0.1) is 0 Å². The van der Waals surface area contributed by atoms with Crippen molar-refractivity contribution < 1.29 is 28.7 Å². The van der Waals surface area contributed by atoms with Gasteiger partial charge in [-0.1, -0.05) is 12.2 Å². The number of carbonyl (C=O) groups excluding carboxylic acids is 2. The number of likely N-dealkylation sites (N-methyl/N-ethyl adjacent to an activating group) is 1. The molecule has 0 saturated heterocycles. The summed E-state index contributed by atoms with van der Waals surface area (Å²) in [5, 5.41) is 11.0. The van der Waals surface area contributed by atoms with Crippen LogP contribution in [0.25, 0.3) is 0 Å². The predicted molar refractivity (Wildman–Crippen MR) is 82.1 cm³/mol. The molecule has 7 nitrogen and oxygen atoms in total. The van der Waals surface area contributed by atoms with E-state index in [0.29, 0.717) is 16.6 Å². The lowest BCUT2D eigenvalue weighted by Gasteiger charge is -2.28. The largest absolute Gasteiger partial charge is 0.481 e. The van der Waals surface area contributed by atoms with Gasteiger partial charge in [-0.15, -0.1) is 0 Å². The summed E-state index contributed by atoms with van der Waals surface area (Å²) in [5.41, 5.74) is 0.694. The molecule has 7 heteroatoms. The number of nitrogens with one attached hydrogen (secondary N) is 1. The quantitative estimate of drug-likeness (QED) is 0.349. The topological polar surface area (TPSA) is 92.7 Å². The summed E-state index contributed by atoms with van der Waals surface area (Å²) in [5.74, 6) is -1.72. The molecule has 1 unspecified atom stereocenters. The average molecular weight is 315 g/mol. The summed E-state index contributed by atoms with van der Waals surface area (Å²) in [4.78, 5) is 33.9. The van der Waals surface area contributed by atoms with Gasteiger partial charge in [-0.2, -0.15) is 0 Å². The van der Waals surface area contributed by atoms with Gasteiger partial charge in [0.2, 0.25) is 5.91 Å². The molecule has 22 heavy (non-hydrogen) atoms. The number of carboxylic acids is 1. The van der Waals surface area contributed by atoms with Crippen molar-refractivity contribution in [3.8, 4) is 0 Å². The molecule has 1 atom stereocenters. The van der Waals surface area contributed by atoms with Crippen LogP contribution >= 0.6 is 0 Å². The third-order valence-electron chi connectivity index (χ3n) is 2.57. The van der Waals surface area contributed by atoms with Gasteiger partial charge in [0.1, 0.15) is 6.54 Å². The van der Waals surface area contributed by atoms with Crippen LogP contribution in [-0.4, -0.2) is 67.8 Å². The van der Waals surface area contributed by atoms with Gasteiger partial charge >= 0.3 is 11.9 Å². The summed E-state index contributed by atoms with van der Waals surface area (Å²) in [6.07, 6.45) is -0.566. The Morgan fingerprint density at radius 3 is 2.32 bits per heavy atom. The third kappa shape index (κ3) is 11.9. The Morgan fingerprint density at radius 2 is 1.86 bits per heavy atom. The second-order valence-electron chi connectivity index (χ2n) is 6.42. The van der Waals surface area contributed by atoms with E-state index in [0.717, 1.165) is 0 Å². The molecule has 0 spiro atoms. The molecule has 0 rings (SSSR count). The number of amides is 1. The maximum atomic E-state index is 11.8. The van der Waals surface area contributed by atoms with Crippen molar-refractivity contribution in [2.75, 3.05) is 34.2 Å². The molecular weight excluding hydrogens is 288 g/mol. The number of ether oxygens (including phenoxy) is 1. The first-order valence-corrected chi connectivity index (χ1v) is 7.12. The van der Waals surface area contributed by atoms with Crippen molar-refractivity contribution in [1.29, 1.82) is 0 Å². The molecule has 0 bridgehead atoms. The molecule has 126 valence electrons. The van der Waals surface area contributed by atoms with E-state index in [4.69, 9.17) is 9.84 Å². The molecule has 0 aromatic heterocycles. The van der Waals surface area contributed by atoms with Gasteiger partial charge in [0, 0.05) is 6.54 Å². The predicted octanol–water partition coefficient (Wildman–Crippen LogP) is 0.552. The zero-order chi connectivity index (χ0) is 17.3. The van der Waals surface area contributed by atoms with Gasteiger partial charge in [-0.05, 0) is 6.92 Å². The van der Waals surface area contributed by atoms with Gasteiger partial charge in [-0.25, -0.2) is 0 Å². The molecule has 0 radical (unpaired) electrons. The Morgan fingerprint density at radius 1 is 1.27 bits per heavy atom. The first-order valence-electron chi connectivity index (χ1n) is 7.12. The van der Waals surface area contributed by atoms with Crippen LogP contribution in [-0.2, 0) is 19.1 Å². The Hall–Kier alpha value is -1.89. The van der Waals surface area contributed by atoms with Crippen molar-refractivity contribution in [3.05, 3.63) is 12.2 Å². The normalized spacial score (nSPS) is 12.4. The molecule has 0 fully saturated rings. The molecule has 2 N–H and O–H groups in total. The van der Waals surface area contributed by atoms with Crippen molar-refractivity contribution >= 4 is 17.8 Å². The number of carboxylic acid groups (broad SMARTS) is 1. The second-order valence-corrected chi connectivity index (χ2v) is 6.42. The lowest BCUT2D eigenvalue weighted by Crippen LogP contribution is -2.45. The summed E-state index contributed by atoms with van der Waals surface area (Å²) < 4.78 is 5.88. The fourth-order valence-electron chi connectivity index (χ4n) is 1.82. The van der Waals surface area contributed by atoms with Crippen LogP contribution in [0.3, 0.4) is 0 Å². The molecule has 0 aliphatic carbocycles. The van der Waals surface area contributed by atoms with Crippen LogP contribution in [0.4, 0.5) is 0 Å². The summed E-state index contributed by atoms with van der Waals surface area (Å²) in [7, 11) is 5.80. The number of hydrogen-bond acceptors (Lipinski definition) is 4. The Bertz CT molecular complexity index is 426. The number of rotatable bonds is 10. The van der Waals surface area contributed by atoms with E-state index in [-0.39, 0.29) is 31.7 Å². The van der Waals surface area contributed by atoms with Crippen LogP contribution in [0.15, 0.2) is 12.2 Å². The zero-order valence-corrected chi connectivity index (χ0v) is 13.8. The number of hydrogen-bond donors (Lipinski definition) is 2. The van der Waals surface area contributed by atoms with E-state index in [1.165, 1.54) is 0 Å². The Kier molecular flexibility index (Phi) is 8.40. The Balaban J connectivity index is 4.52. The molecule has 0 aromatic rings. The highest BCUT2D eigenvalue weighted by Crippen LogP contribution is 2.08. The lowest BCUT2D eigenvalue weighted by atomic mass is 10.2. The first-order chi connectivity index (χ1) is 9.99. The van der Waals surface area contributed by atoms with Crippen LogP contribution in [0.5, 0.6) is 0 Å².